The van der Waals surface area contributed by atoms with Crippen molar-refractivity contribution in [1.29, 1.82) is 0 Å². The molecule has 1 aromatic rings. The van der Waals surface area contributed by atoms with E-state index in [0.717, 1.165) is 25.8 Å². The monoisotopic (exact) mass is 288 g/mol. The zero-order valence-corrected chi connectivity index (χ0v) is 13.3. The number of amides is 1. The lowest BCUT2D eigenvalue weighted by Gasteiger charge is -2.32. The van der Waals surface area contributed by atoms with Crippen molar-refractivity contribution in [2.45, 2.75) is 58.0 Å². The minimum atomic E-state index is 0.182. The third-order valence-corrected chi connectivity index (χ3v) is 4.76. The van der Waals surface area contributed by atoms with Gasteiger partial charge in [0.05, 0.1) is 6.04 Å². The summed E-state index contributed by atoms with van der Waals surface area (Å²) in [5.74, 6) is 0.635. The summed E-state index contributed by atoms with van der Waals surface area (Å²) in [5, 5.41) is 0. The van der Waals surface area contributed by atoms with Crippen LogP contribution in [0.4, 0.5) is 0 Å². The first-order valence-corrected chi connectivity index (χ1v) is 8.27. The molecule has 2 N–H and O–H groups in total. The Morgan fingerprint density at radius 1 is 1.29 bits per heavy atom. The summed E-state index contributed by atoms with van der Waals surface area (Å²) in [6.07, 6.45) is 4.90. The topological polar surface area (TPSA) is 46.3 Å². The van der Waals surface area contributed by atoms with Crippen molar-refractivity contribution in [1.82, 2.24) is 4.90 Å². The number of hydrogen-bond donors (Lipinski definition) is 1. The van der Waals surface area contributed by atoms with Crippen molar-refractivity contribution >= 4 is 5.91 Å². The molecule has 0 heterocycles. The Bertz CT molecular complexity index is 446. The molecule has 1 aliphatic rings. The van der Waals surface area contributed by atoms with Crippen LogP contribution in [0.3, 0.4) is 0 Å². The third kappa shape index (κ3) is 3.85. The van der Waals surface area contributed by atoms with Crippen molar-refractivity contribution in [3.8, 4) is 0 Å². The van der Waals surface area contributed by atoms with E-state index in [0.29, 0.717) is 12.3 Å². The fraction of sp³-hybridized carbons (Fsp3) is 0.611. The highest BCUT2D eigenvalue weighted by Gasteiger charge is 2.29. The van der Waals surface area contributed by atoms with Crippen LogP contribution in [0.2, 0.25) is 0 Å². The van der Waals surface area contributed by atoms with E-state index in [4.69, 9.17) is 5.73 Å². The molecule has 0 saturated heterocycles. The van der Waals surface area contributed by atoms with E-state index < -0.39 is 0 Å². The Hall–Kier alpha value is -1.35. The van der Waals surface area contributed by atoms with E-state index in [1.54, 1.807) is 0 Å². The highest BCUT2D eigenvalue weighted by Crippen LogP contribution is 2.30. The maximum atomic E-state index is 12.7. The Morgan fingerprint density at radius 2 is 2.00 bits per heavy atom. The summed E-state index contributed by atoms with van der Waals surface area (Å²) in [6.45, 7) is 4.97. The molecular formula is C18H28N2O. The van der Waals surface area contributed by atoms with Gasteiger partial charge in [0.25, 0.3) is 0 Å². The predicted octanol–water partition coefficient (Wildman–Crippen LogP) is 3.50. The van der Waals surface area contributed by atoms with Crippen LogP contribution < -0.4 is 5.73 Å². The average Bonchev–Trinajstić information content (AvgIpc) is 2.90. The Kier molecular flexibility index (Phi) is 5.80. The molecule has 1 aromatic carbocycles. The summed E-state index contributed by atoms with van der Waals surface area (Å²) in [6, 6.07) is 10.7. The molecule has 0 spiro atoms. The van der Waals surface area contributed by atoms with Crippen LogP contribution in [0, 0.1) is 5.92 Å². The summed E-state index contributed by atoms with van der Waals surface area (Å²) < 4.78 is 0. The zero-order valence-electron chi connectivity index (χ0n) is 13.3. The van der Waals surface area contributed by atoms with E-state index in [1.165, 1.54) is 12.0 Å². The highest BCUT2D eigenvalue weighted by molar-refractivity contribution is 5.77. The van der Waals surface area contributed by atoms with Gasteiger partial charge < -0.3 is 10.6 Å². The first-order chi connectivity index (χ1) is 10.2. The van der Waals surface area contributed by atoms with Gasteiger partial charge in [0.1, 0.15) is 0 Å². The summed E-state index contributed by atoms with van der Waals surface area (Å²) in [7, 11) is 0. The van der Waals surface area contributed by atoms with Crippen molar-refractivity contribution in [3.05, 3.63) is 35.9 Å². The quantitative estimate of drug-likeness (QED) is 0.870. The molecule has 1 amide bonds. The van der Waals surface area contributed by atoms with Crippen molar-refractivity contribution in [3.63, 3.8) is 0 Å². The van der Waals surface area contributed by atoms with Crippen LogP contribution in [0.1, 0.15) is 57.6 Å². The second-order valence-electron chi connectivity index (χ2n) is 6.07. The number of carbonyl (C=O) groups excluding carboxylic acids is 1. The second-order valence-corrected chi connectivity index (χ2v) is 6.07. The minimum absolute atomic E-state index is 0.182. The number of carbonyl (C=O) groups is 1. The van der Waals surface area contributed by atoms with Gasteiger partial charge in [-0.15, -0.1) is 0 Å². The van der Waals surface area contributed by atoms with Gasteiger partial charge in [0.15, 0.2) is 0 Å². The van der Waals surface area contributed by atoms with Gasteiger partial charge in [-0.3, -0.25) is 4.79 Å². The summed E-state index contributed by atoms with van der Waals surface area (Å²) >= 11 is 0. The molecule has 0 bridgehead atoms. The number of nitrogens with zero attached hydrogens (tertiary/aromatic N) is 1. The zero-order chi connectivity index (χ0) is 15.2. The maximum absolute atomic E-state index is 12.7. The van der Waals surface area contributed by atoms with Gasteiger partial charge >= 0.3 is 0 Å². The van der Waals surface area contributed by atoms with E-state index in [9.17, 15) is 4.79 Å². The molecular weight excluding hydrogens is 260 g/mol. The standard InChI is InChI=1S/C18H28N2O/c1-3-17(14-9-6-5-7-10-14)20(4-2)18(21)13-15-11-8-12-16(15)19/h5-7,9-10,15-17H,3-4,8,11-13,19H2,1-2H3/t15-,16+,17?/m0/s1. The van der Waals surface area contributed by atoms with Gasteiger partial charge in [-0.1, -0.05) is 43.7 Å². The molecule has 116 valence electrons. The van der Waals surface area contributed by atoms with Crippen LogP contribution in [-0.2, 0) is 4.79 Å². The molecule has 3 heteroatoms. The fourth-order valence-electron chi connectivity index (χ4n) is 3.54. The lowest BCUT2D eigenvalue weighted by molar-refractivity contribution is -0.134. The number of nitrogens with two attached hydrogens (primary N) is 1. The predicted molar refractivity (Wildman–Crippen MR) is 86.8 cm³/mol. The summed E-state index contributed by atoms with van der Waals surface area (Å²) in [4.78, 5) is 14.7. The van der Waals surface area contributed by atoms with E-state index >= 15 is 0 Å². The van der Waals surface area contributed by atoms with Gasteiger partial charge in [0, 0.05) is 19.0 Å². The van der Waals surface area contributed by atoms with Crippen molar-refractivity contribution in [2.24, 2.45) is 11.7 Å². The summed E-state index contributed by atoms with van der Waals surface area (Å²) in [5.41, 5.74) is 7.35. The van der Waals surface area contributed by atoms with Crippen LogP contribution >= 0.6 is 0 Å². The van der Waals surface area contributed by atoms with Crippen molar-refractivity contribution < 1.29 is 4.79 Å². The normalized spacial score (nSPS) is 23.0. The molecule has 0 aliphatic heterocycles. The molecule has 3 nitrogen and oxygen atoms in total. The van der Waals surface area contributed by atoms with Gasteiger partial charge in [-0.25, -0.2) is 0 Å². The fourth-order valence-corrected chi connectivity index (χ4v) is 3.54. The van der Waals surface area contributed by atoms with Crippen LogP contribution in [0.15, 0.2) is 30.3 Å². The molecule has 1 fully saturated rings. The minimum Gasteiger partial charge on any atom is -0.336 e. The van der Waals surface area contributed by atoms with Crippen molar-refractivity contribution in [2.75, 3.05) is 6.54 Å². The van der Waals surface area contributed by atoms with Gasteiger partial charge in [-0.05, 0) is 37.7 Å². The number of rotatable bonds is 6. The molecule has 3 atom stereocenters. The number of hydrogen-bond acceptors (Lipinski definition) is 2. The Balaban J connectivity index is 2.08. The molecule has 1 saturated carbocycles. The molecule has 2 rings (SSSR count). The van der Waals surface area contributed by atoms with Crippen LogP contribution in [0.5, 0.6) is 0 Å². The highest BCUT2D eigenvalue weighted by atomic mass is 16.2. The molecule has 1 unspecified atom stereocenters. The Labute approximate surface area is 128 Å². The first kappa shape index (κ1) is 16.0. The molecule has 1 aliphatic carbocycles. The van der Waals surface area contributed by atoms with Crippen LogP contribution in [-0.4, -0.2) is 23.4 Å². The lowest BCUT2D eigenvalue weighted by Crippen LogP contribution is -2.37. The second kappa shape index (κ2) is 7.60. The van der Waals surface area contributed by atoms with Gasteiger partial charge in [0.2, 0.25) is 5.91 Å². The third-order valence-electron chi connectivity index (χ3n) is 4.76. The maximum Gasteiger partial charge on any atom is 0.223 e. The van der Waals surface area contributed by atoms with E-state index in [-0.39, 0.29) is 18.0 Å². The largest absolute Gasteiger partial charge is 0.336 e. The average molecular weight is 288 g/mol. The SMILES string of the molecule is CCC(c1ccccc1)N(CC)C(=O)C[C@@H]1CCC[C@H]1N. The molecule has 0 aromatic heterocycles. The van der Waals surface area contributed by atoms with Gasteiger partial charge in [-0.2, -0.15) is 0 Å². The lowest BCUT2D eigenvalue weighted by atomic mass is 9.97. The first-order valence-electron chi connectivity index (χ1n) is 8.27. The molecule has 21 heavy (non-hydrogen) atoms. The smallest absolute Gasteiger partial charge is 0.223 e. The molecule has 0 radical (unpaired) electrons. The van der Waals surface area contributed by atoms with Crippen LogP contribution in [0.25, 0.3) is 0 Å². The Morgan fingerprint density at radius 3 is 2.52 bits per heavy atom. The number of benzene rings is 1. The van der Waals surface area contributed by atoms with E-state index in [1.807, 2.05) is 23.1 Å². The van der Waals surface area contributed by atoms with E-state index in [2.05, 4.69) is 26.0 Å².